The van der Waals surface area contributed by atoms with Crippen molar-refractivity contribution < 1.29 is 23.7 Å². The molecule has 0 spiro atoms. The van der Waals surface area contributed by atoms with Gasteiger partial charge in [0, 0.05) is 19.0 Å². The van der Waals surface area contributed by atoms with Gasteiger partial charge in [-0.1, -0.05) is 23.8 Å². The molecule has 0 unspecified atom stereocenters. The SMILES string of the molecule is O=C(CCCCCN1C(=O)c2cccc([N+](=O)[O-])c2C1=O)Nc1nc2ccc(F)cc2s1. The van der Waals surface area contributed by atoms with Crippen molar-refractivity contribution >= 4 is 50.1 Å². The maximum absolute atomic E-state index is 13.3. The van der Waals surface area contributed by atoms with Gasteiger partial charge in [-0.2, -0.15) is 0 Å². The third-order valence-corrected chi connectivity index (χ3v) is 5.99. The predicted molar refractivity (Wildman–Crippen MR) is 115 cm³/mol. The molecule has 1 aliphatic heterocycles. The van der Waals surface area contributed by atoms with Crippen molar-refractivity contribution in [2.24, 2.45) is 0 Å². The Balaban J connectivity index is 1.25. The Morgan fingerprint density at radius 2 is 1.97 bits per heavy atom. The highest BCUT2D eigenvalue weighted by molar-refractivity contribution is 7.22. The number of thiazole rings is 1. The lowest BCUT2D eigenvalue weighted by atomic mass is 10.1. The number of nitrogens with zero attached hydrogens (tertiary/aromatic N) is 3. The molecule has 4 rings (SSSR count). The van der Waals surface area contributed by atoms with E-state index in [2.05, 4.69) is 10.3 Å². The fourth-order valence-electron chi connectivity index (χ4n) is 3.54. The number of unbranched alkanes of at least 4 members (excludes halogenated alkanes) is 2. The zero-order valence-corrected chi connectivity index (χ0v) is 17.5. The summed E-state index contributed by atoms with van der Waals surface area (Å²) in [6.07, 6.45) is 1.79. The lowest BCUT2D eigenvalue weighted by molar-refractivity contribution is -0.385. The number of carbonyl (C=O) groups excluding carboxylic acids is 3. The van der Waals surface area contributed by atoms with Crippen LogP contribution in [0.15, 0.2) is 36.4 Å². The van der Waals surface area contributed by atoms with E-state index in [-0.39, 0.29) is 41.5 Å². The highest BCUT2D eigenvalue weighted by Crippen LogP contribution is 2.31. The Morgan fingerprint density at radius 1 is 1.16 bits per heavy atom. The zero-order chi connectivity index (χ0) is 22.8. The van der Waals surface area contributed by atoms with Crippen LogP contribution in [0.2, 0.25) is 0 Å². The molecule has 0 fully saturated rings. The number of hydrogen-bond acceptors (Lipinski definition) is 7. The van der Waals surface area contributed by atoms with Gasteiger partial charge >= 0.3 is 0 Å². The quantitative estimate of drug-likeness (QED) is 0.235. The average Bonchev–Trinajstić information content (AvgIpc) is 3.25. The molecule has 1 aromatic heterocycles. The number of aromatic nitrogens is 1. The van der Waals surface area contributed by atoms with Gasteiger partial charge in [0.25, 0.3) is 17.5 Å². The number of amides is 3. The van der Waals surface area contributed by atoms with Gasteiger partial charge in [-0.25, -0.2) is 9.37 Å². The van der Waals surface area contributed by atoms with Crippen LogP contribution in [0.3, 0.4) is 0 Å². The molecule has 0 saturated carbocycles. The largest absolute Gasteiger partial charge is 0.302 e. The molecule has 0 bridgehead atoms. The van der Waals surface area contributed by atoms with Gasteiger partial charge in [-0.05, 0) is 37.1 Å². The molecule has 1 N–H and O–H groups in total. The first-order valence-corrected chi connectivity index (χ1v) is 10.7. The van der Waals surface area contributed by atoms with Crippen LogP contribution >= 0.6 is 11.3 Å². The maximum atomic E-state index is 13.3. The molecule has 3 amide bonds. The number of carbonyl (C=O) groups is 3. The molecule has 2 heterocycles. The predicted octanol–water partition coefficient (Wildman–Crippen LogP) is 4.14. The van der Waals surface area contributed by atoms with Crippen LogP contribution in [-0.4, -0.2) is 39.1 Å². The summed E-state index contributed by atoms with van der Waals surface area (Å²) in [5, 5.41) is 14.2. The molecule has 11 heteroatoms. The Morgan fingerprint density at radius 3 is 2.75 bits per heavy atom. The highest BCUT2D eigenvalue weighted by atomic mass is 32.1. The van der Waals surface area contributed by atoms with Crippen LogP contribution in [0.1, 0.15) is 46.4 Å². The molecular weight excluding hydrogens is 439 g/mol. The first-order chi connectivity index (χ1) is 15.3. The lowest BCUT2D eigenvalue weighted by Gasteiger charge is -2.13. The van der Waals surface area contributed by atoms with Crippen LogP contribution in [0.4, 0.5) is 15.2 Å². The maximum Gasteiger partial charge on any atom is 0.282 e. The smallest absolute Gasteiger partial charge is 0.282 e. The Kier molecular flexibility index (Phi) is 5.91. The fraction of sp³-hybridized carbons (Fsp3) is 0.238. The van der Waals surface area contributed by atoms with Crippen molar-refractivity contribution in [3.8, 4) is 0 Å². The average molecular weight is 456 g/mol. The third-order valence-electron chi connectivity index (χ3n) is 5.06. The zero-order valence-electron chi connectivity index (χ0n) is 16.7. The van der Waals surface area contributed by atoms with Crippen molar-refractivity contribution in [2.75, 3.05) is 11.9 Å². The molecule has 1 aliphatic rings. The van der Waals surface area contributed by atoms with Crippen LogP contribution in [0.5, 0.6) is 0 Å². The van der Waals surface area contributed by atoms with Gasteiger partial charge in [0.15, 0.2) is 5.13 Å². The number of halogens is 1. The Bertz CT molecular complexity index is 1260. The normalized spacial score (nSPS) is 13.0. The number of fused-ring (bicyclic) bond motifs is 2. The molecular formula is C21H17FN4O5S. The first-order valence-electron chi connectivity index (χ1n) is 9.84. The van der Waals surface area contributed by atoms with E-state index in [4.69, 9.17) is 0 Å². The number of imide groups is 1. The van der Waals surface area contributed by atoms with Crippen LogP contribution in [0, 0.1) is 15.9 Å². The second-order valence-corrected chi connectivity index (χ2v) is 8.24. The summed E-state index contributed by atoms with van der Waals surface area (Å²) in [5.74, 6) is -1.81. The molecule has 0 radical (unpaired) electrons. The molecule has 2 aromatic carbocycles. The molecule has 3 aromatic rings. The summed E-state index contributed by atoms with van der Waals surface area (Å²) >= 11 is 1.19. The molecule has 0 atom stereocenters. The highest BCUT2D eigenvalue weighted by Gasteiger charge is 2.40. The standard InChI is InChI=1S/C21H17FN4O5S/c22-12-8-9-14-16(11-12)32-21(23-14)24-17(27)7-2-1-3-10-25-19(28)13-5-4-6-15(26(30)31)18(13)20(25)29/h4-6,8-9,11H,1-3,7,10H2,(H,23,24,27). The number of anilines is 1. The van der Waals surface area contributed by atoms with Gasteiger partial charge in [-0.3, -0.25) is 29.4 Å². The second kappa shape index (κ2) is 8.79. The summed E-state index contributed by atoms with van der Waals surface area (Å²) < 4.78 is 13.9. The number of nitrogens with one attached hydrogen (secondary N) is 1. The number of hydrogen-bond donors (Lipinski definition) is 1. The van der Waals surface area contributed by atoms with E-state index < -0.39 is 16.7 Å². The van der Waals surface area contributed by atoms with Crippen molar-refractivity contribution in [3.05, 3.63) is 63.5 Å². The summed E-state index contributed by atoms with van der Waals surface area (Å²) in [5.41, 5.74) is 0.0994. The fourth-order valence-corrected chi connectivity index (χ4v) is 4.44. The van der Waals surface area contributed by atoms with Crippen molar-refractivity contribution in [1.29, 1.82) is 0 Å². The van der Waals surface area contributed by atoms with Crippen LogP contribution in [0.25, 0.3) is 10.2 Å². The molecule has 0 saturated heterocycles. The van der Waals surface area contributed by atoms with E-state index in [1.807, 2.05) is 0 Å². The van der Waals surface area contributed by atoms with Crippen LogP contribution in [-0.2, 0) is 4.79 Å². The number of nitro benzene ring substituents is 1. The number of rotatable bonds is 8. The van der Waals surface area contributed by atoms with E-state index in [1.54, 1.807) is 6.07 Å². The summed E-state index contributed by atoms with van der Waals surface area (Å²) in [4.78, 5) is 52.8. The van der Waals surface area contributed by atoms with Crippen molar-refractivity contribution in [3.63, 3.8) is 0 Å². The van der Waals surface area contributed by atoms with E-state index >= 15 is 0 Å². The first kappa shape index (κ1) is 21.5. The van der Waals surface area contributed by atoms with E-state index in [1.165, 1.54) is 41.7 Å². The Labute approximate surface area is 185 Å². The van der Waals surface area contributed by atoms with Gasteiger partial charge in [-0.15, -0.1) is 0 Å². The van der Waals surface area contributed by atoms with Crippen molar-refractivity contribution in [1.82, 2.24) is 9.88 Å². The van der Waals surface area contributed by atoms with Crippen LogP contribution < -0.4 is 5.32 Å². The monoisotopic (exact) mass is 456 g/mol. The molecule has 0 aliphatic carbocycles. The van der Waals surface area contributed by atoms with E-state index in [9.17, 15) is 28.9 Å². The summed E-state index contributed by atoms with van der Waals surface area (Å²) in [6.45, 7) is 0.120. The van der Waals surface area contributed by atoms with Gasteiger partial charge in [0.05, 0.1) is 20.7 Å². The van der Waals surface area contributed by atoms with Gasteiger partial charge in [0.1, 0.15) is 11.4 Å². The Hall–Kier alpha value is -3.73. The van der Waals surface area contributed by atoms with E-state index in [0.29, 0.717) is 34.6 Å². The topological polar surface area (TPSA) is 123 Å². The van der Waals surface area contributed by atoms with Crippen molar-refractivity contribution in [2.45, 2.75) is 25.7 Å². The summed E-state index contributed by atoms with van der Waals surface area (Å²) in [6, 6.07) is 8.20. The molecule has 32 heavy (non-hydrogen) atoms. The number of nitro groups is 1. The summed E-state index contributed by atoms with van der Waals surface area (Å²) in [7, 11) is 0. The van der Waals surface area contributed by atoms with Gasteiger partial charge < -0.3 is 5.32 Å². The minimum absolute atomic E-state index is 0.0410. The lowest BCUT2D eigenvalue weighted by Crippen LogP contribution is -2.30. The minimum Gasteiger partial charge on any atom is -0.302 e. The molecule has 164 valence electrons. The minimum atomic E-state index is -0.673. The number of benzene rings is 2. The van der Waals surface area contributed by atoms with E-state index in [0.717, 1.165) is 4.90 Å². The molecule has 9 nitrogen and oxygen atoms in total. The second-order valence-electron chi connectivity index (χ2n) is 7.21. The van der Waals surface area contributed by atoms with Gasteiger partial charge in [0.2, 0.25) is 5.91 Å². The third kappa shape index (κ3) is 4.19.